The number of carbonyl (C=O) groups excluding carboxylic acids is 1. The molecule has 0 bridgehead atoms. The van der Waals surface area contributed by atoms with Crippen LogP contribution in [0.4, 0.5) is 0 Å². The molecular formula is C15H24O2Si. The number of aryl methyl sites for hydroxylation is 1. The highest BCUT2D eigenvalue weighted by atomic mass is 28.4. The van der Waals surface area contributed by atoms with E-state index in [4.69, 9.17) is 4.43 Å². The summed E-state index contributed by atoms with van der Waals surface area (Å²) in [4.78, 5) is 10.3. The van der Waals surface area contributed by atoms with E-state index in [9.17, 15) is 4.79 Å². The molecule has 0 aliphatic heterocycles. The molecule has 0 aliphatic rings. The second-order valence-corrected chi connectivity index (χ2v) is 10.9. The first-order chi connectivity index (χ1) is 8.26. The van der Waals surface area contributed by atoms with Crippen LogP contribution in [0.3, 0.4) is 0 Å². The second-order valence-electron chi connectivity index (χ2n) is 6.21. The highest BCUT2D eigenvalue weighted by Crippen LogP contribution is 2.37. The van der Waals surface area contributed by atoms with Gasteiger partial charge in [-0.25, -0.2) is 0 Å². The maximum Gasteiger partial charge on any atom is 0.250 e. The third kappa shape index (κ3) is 3.98. The van der Waals surface area contributed by atoms with E-state index < -0.39 is 8.32 Å². The Labute approximate surface area is 111 Å². The lowest BCUT2D eigenvalue weighted by molar-refractivity contribution is -0.107. The van der Waals surface area contributed by atoms with Crippen molar-refractivity contribution >= 4 is 14.6 Å². The van der Waals surface area contributed by atoms with Crippen LogP contribution in [0.1, 0.15) is 32.8 Å². The van der Waals surface area contributed by atoms with E-state index in [1.165, 1.54) is 5.56 Å². The molecule has 100 valence electrons. The van der Waals surface area contributed by atoms with E-state index in [0.717, 1.165) is 18.5 Å². The van der Waals surface area contributed by atoms with Gasteiger partial charge in [0.2, 0.25) is 8.32 Å². The topological polar surface area (TPSA) is 26.3 Å². The van der Waals surface area contributed by atoms with E-state index in [0.29, 0.717) is 6.42 Å². The van der Waals surface area contributed by atoms with Gasteiger partial charge in [0.25, 0.3) is 0 Å². The van der Waals surface area contributed by atoms with E-state index in [-0.39, 0.29) is 5.04 Å². The molecule has 0 aromatic heterocycles. The van der Waals surface area contributed by atoms with Crippen LogP contribution in [0.15, 0.2) is 24.3 Å². The molecule has 0 radical (unpaired) electrons. The molecule has 0 heterocycles. The molecule has 0 saturated carbocycles. The van der Waals surface area contributed by atoms with Crippen molar-refractivity contribution in [3.63, 3.8) is 0 Å². The lowest BCUT2D eigenvalue weighted by atomic mass is 10.1. The summed E-state index contributed by atoms with van der Waals surface area (Å²) in [5.41, 5.74) is 1.18. The Kier molecular flexibility index (Phi) is 4.74. The van der Waals surface area contributed by atoms with Crippen molar-refractivity contribution in [3.8, 4) is 5.75 Å². The predicted octanol–water partition coefficient (Wildman–Crippen LogP) is 4.20. The van der Waals surface area contributed by atoms with Crippen LogP contribution < -0.4 is 4.43 Å². The van der Waals surface area contributed by atoms with Gasteiger partial charge in [0.15, 0.2) is 0 Å². The number of carbonyl (C=O) groups is 1. The van der Waals surface area contributed by atoms with Gasteiger partial charge in [-0.15, -0.1) is 0 Å². The Morgan fingerprint density at radius 2 is 1.72 bits per heavy atom. The summed E-state index contributed by atoms with van der Waals surface area (Å²) in [6.45, 7) is 11.2. The third-order valence-electron chi connectivity index (χ3n) is 3.65. The largest absolute Gasteiger partial charge is 0.544 e. The maximum absolute atomic E-state index is 10.3. The number of aldehydes is 1. The molecule has 0 N–H and O–H groups in total. The van der Waals surface area contributed by atoms with Crippen LogP contribution in [0.2, 0.25) is 18.1 Å². The summed E-state index contributed by atoms with van der Waals surface area (Å²) < 4.78 is 6.20. The fourth-order valence-electron chi connectivity index (χ4n) is 1.40. The van der Waals surface area contributed by atoms with Gasteiger partial charge < -0.3 is 9.22 Å². The van der Waals surface area contributed by atoms with Crippen LogP contribution in [0, 0.1) is 0 Å². The van der Waals surface area contributed by atoms with Crippen molar-refractivity contribution in [1.82, 2.24) is 0 Å². The van der Waals surface area contributed by atoms with Gasteiger partial charge in [-0.3, -0.25) is 0 Å². The van der Waals surface area contributed by atoms with Gasteiger partial charge in [0.05, 0.1) is 0 Å². The minimum atomic E-state index is -1.74. The molecular weight excluding hydrogens is 240 g/mol. The van der Waals surface area contributed by atoms with E-state index >= 15 is 0 Å². The Morgan fingerprint density at radius 1 is 1.17 bits per heavy atom. The van der Waals surface area contributed by atoms with E-state index in [1.54, 1.807) is 0 Å². The van der Waals surface area contributed by atoms with Crippen molar-refractivity contribution in [2.45, 2.75) is 51.7 Å². The average molecular weight is 264 g/mol. The van der Waals surface area contributed by atoms with E-state index in [2.05, 4.69) is 33.9 Å². The number of hydrogen-bond acceptors (Lipinski definition) is 2. The Balaban J connectivity index is 2.72. The maximum atomic E-state index is 10.3. The van der Waals surface area contributed by atoms with Crippen molar-refractivity contribution in [1.29, 1.82) is 0 Å². The minimum absolute atomic E-state index is 0.211. The lowest BCUT2D eigenvalue weighted by Gasteiger charge is -2.36. The molecule has 0 amide bonds. The Bertz CT molecular complexity index is 388. The minimum Gasteiger partial charge on any atom is -0.544 e. The molecule has 0 saturated heterocycles. The quantitative estimate of drug-likeness (QED) is 0.588. The van der Waals surface area contributed by atoms with Gasteiger partial charge in [-0.2, -0.15) is 0 Å². The van der Waals surface area contributed by atoms with Crippen LogP contribution in [0.25, 0.3) is 0 Å². The second kappa shape index (κ2) is 5.70. The molecule has 3 heteroatoms. The van der Waals surface area contributed by atoms with Gasteiger partial charge >= 0.3 is 0 Å². The molecule has 0 unspecified atom stereocenters. The molecule has 2 nitrogen and oxygen atoms in total. The highest BCUT2D eigenvalue weighted by molar-refractivity contribution is 6.74. The van der Waals surface area contributed by atoms with Crippen molar-refractivity contribution in [2.75, 3.05) is 0 Å². The normalized spacial score (nSPS) is 12.3. The predicted molar refractivity (Wildman–Crippen MR) is 78.7 cm³/mol. The fraction of sp³-hybridized carbons (Fsp3) is 0.533. The zero-order chi connectivity index (χ0) is 13.8. The Hall–Kier alpha value is -1.09. The molecule has 0 atom stereocenters. The van der Waals surface area contributed by atoms with Crippen molar-refractivity contribution in [3.05, 3.63) is 29.8 Å². The summed E-state index contributed by atoms with van der Waals surface area (Å²) in [6.07, 6.45) is 2.35. The SMILES string of the molecule is CC(C)(C)[Si](C)(C)Oc1ccc(CCC=O)cc1. The molecule has 1 aromatic rings. The average Bonchev–Trinajstić information content (AvgIpc) is 2.26. The number of hydrogen-bond donors (Lipinski definition) is 0. The highest BCUT2D eigenvalue weighted by Gasteiger charge is 2.38. The van der Waals surface area contributed by atoms with Crippen LogP contribution in [-0.4, -0.2) is 14.6 Å². The van der Waals surface area contributed by atoms with Gasteiger partial charge in [0, 0.05) is 6.42 Å². The van der Waals surface area contributed by atoms with E-state index in [1.807, 2.05) is 24.3 Å². The molecule has 18 heavy (non-hydrogen) atoms. The molecule has 0 aliphatic carbocycles. The standard InChI is InChI=1S/C15H24O2Si/c1-15(2,3)18(4,5)17-14-10-8-13(9-11-14)7-6-12-16/h8-12H,6-7H2,1-5H3. The van der Waals surface area contributed by atoms with Crippen LogP contribution >= 0.6 is 0 Å². The summed E-state index contributed by atoms with van der Waals surface area (Å²) >= 11 is 0. The van der Waals surface area contributed by atoms with Crippen LogP contribution in [0.5, 0.6) is 5.75 Å². The first-order valence-electron chi connectivity index (χ1n) is 6.48. The monoisotopic (exact) mass is 264 g/mol. The molecule has 0 spiro atoms. The molecule has 1 rings (SSSR count). The molecule has 1 aromatic carbocycles. The Morgan fingerprint density at radius 3 is 2.17 bits per heavy atom. The van der Waals surface area contributed by atoms with Crippen molar-refractivity contribution < 1.29 is 9.22 Å². The number of rotatable bonds is 5. The number of benzene rings is 1. The molecule has 0 fully saturated rings. The summed E-state index contributed by atoms with van der Waals surface area (Å²) in [5, 5.41) is 0.211. The van der Waals surface area contributed by atoms with Crippen LogP contribution in [-0.2, 0) is 11.2 Å². The summed E-state index contributed by atoms with van der Waals surface area (Å²) in [6, 6.07) is 8.12. The lowest BCUT2D eigenvalue weighted by Crippen LogP contribution is -2.43. The smallest absolute Gasteiger partial charge is 0.250 e. The third-order valence-corrected chi connectivity index (χ3v) is 8.01. The first kappa shape index (κ1) is 15.0. The fourth-order valence-corrected chi connectivity index (χ4v) is 2.43. The zero-order valence-corrected chi connectivity index (χ0v) is 13.1. The van der Waals surface area contributed by atoms with Gasteiger partial charge in [-0.05, 0) is 42.2 Å². The summed E-state index contributed by atoms with van der Waals surface area (Å²) in [5.74, 6) is 0.941. The van der Waals surface area contributed by atoms with Gasteiger partial charge in [0.1, 0.15) is 12.0 Å². The van der Waals surface area contributed by atoms with Crippen molar-refractivity contribution in [2.24, 2.45) is 0 Å². The van der Waals surface area contributed by atoms with Gasteiger partial charge in [-0.1, -0.05) is 32.9 Å². The zero-order valence-electron chi connectivity index (χ0n) is 12.1. The first-order valence-corrected chi connectivity index (χ1v) is 9.39. The summed E-state index contributed by atoms with van der Waals surface area (Å²) in [7, 11) is -1.74.